The number of benzene rings is 1. The number of nitrogens with one attached hydrogen (secondary N) is 1. The first kappa shape index (κ1) is 17.6. The summed E-state index contributed by atoms with van der Waals surface area (Å²) in [6.07, 6.45) is 3.44. The SMILES string of the molecule is N#Cc1c[nH]n2c(=O)cc(CSc3nnc(-c4ccccc4F)n3C3CC3)nc12. The molecular weight excluding hydrogens is 393 g/mol. The first-order chi connectivity index (χ1) is 14.2. The van der Waals surface area contributed by atoms with E-state index in [-0.39, 0.29) is 17.4 Å². The molecule has 0 unspecified atom stereocenters. The van der Waals surface area contributed by atoms with Gasteiger partial charge in [0, 0.05) is 24.1 Å². The summed E-state index contributed by atoms with van der Waals surface area (Å²) in [5.74, 6) is 0.549. The predicted octanol–water partition coefficient (Wildman–Crippen LogP) is 2.92. The number of hydrogen-bond donors (Lipinski definition) is 1. The van der Waals surface area contributed by atoms with Gasteiger partial charge in [-0.15, -0.1) is 10.2 Å². The molecule has 0 bridgehead atoms. The highest BCUT2D eigenvalue weighted by Gasteiger charge is 2.31. The third-order valence-electron chi connectivity index (χ3n) is 4.71. The Balaban J connectivity index is 1.48. The van der Waals surface area contributed by atoms with Crippen molar-refractivity contribution in [1.82, 2.24) is 29.4 Å². The number of aromatic nitrogens is 6. The van der Waals surface area contributed by atoms with Crippen LogP contribution in [0.4, 0.5) is 4.39 Å². The number of hydrogen-bond acceptors (Lipinski definition) is 6. The summed E-state index contributed by atoms with van der Waals surface area (Å²) in [5.41, 5.74) is 1.27. The van der Waals surface area contributed by atoms with Gasteiger partial charge >= 0.3 is 0 Å². The fourth-order valence-electron chi connectivity index (χ4n) is 3.19. The van der Waals surface area contributed by atoms with Crippen LogP contribution >= 0.6 is 11.8 Å². The van der Waals surface area contributed by atoms with Crippen LogP contribution in [0, 0.1) is 17.1 Å². The summed E-state index contributed by atoms with van der Waals surface area (Å²) in [5, 5.41) is 21.0. The van der Waals surface area contributed by atoms with Crippen molar-refractivity contribution in [2.45, 2.75) is 29.8 Å². The molecule has 3 aromatic heterocycles. The van der Waals surface area contributed by atoms with Crippen molar-refractivity contribution in [2.24, 2.45) is 0 Å². The van der Waals surface area contributed by atoms with Gasteiger partial charge in [0.1, 0.15) is 17.4 Å². The molecule has 1 N–H and O–H groups in total. The number of fused-ring (bicyclic) bond motifs is 1. The molecule has 0 aliphatic heterocycles. The monoisotopic (exact) mass is 407 g/mol. The molecule has 5 rings (SSSR count). The van der Waals surface area contributed by atoms with Crippen LogP contribution in [-0.2, 0) is 5.75 Å². The third kappa shape index (κ3) is 3.09. The van der Waals surface area contributed by atoms with Crippen LogP contribution < -0.4 is 5.56 Å². The van der Waals surface area contributed by atoms with E-state index in [1.54, 1.807) is 18.2 Å². The van der Waals surface area contributed by atoms with Gasteiger partial charge in [-0.05, 0) is 25.0 Å². The Bertz CT molecular complexity index is 1330. The molecule has 0 radical (unpaired) electrons. The second-order valence-corrected chi connectivity index (χ2v) is 7.66. The standard InChI is InChI=1S/C19H14FN7OS/c20-15-4-2-1-3-14(15)18-24-25-19(26(18)13-5-6-13)29-10-12-7-16(28)27-17(23-12)11(8-21)9-22-27/h1-4,7,9,13,22H,5-6,10H2. The lowest BCUT2D eigenvalue weighted by Gasteiger charge is -2.09. The zero-order chi connectivity index (χ0) is 20.0. The maximum Gasteiger partial charge on any atom is 0.272 e. The molecule has 1 aliphatic carbocycles. The van der Waals surface area contributed by atoms with Gasteiger partial charge in [-0.2, -0.15) is 5.26 Å². The smallest absolute Gasteiger partial charge is 0.272 e. The van der Waals surface area contributed by atoms with E-state index in [1.165, 1.54) is 34.6 Å². The molecule has 1 fully saturated rings. The third-order valence-corrected chi connectivity index (χ3v) is 5.69. The molecule has 0 atom stereocenters. The Morgan fingerprint density at radius 2 is 2.14 bits per heavy atom. The summed E-state index contributed by atoms with van der Waals surface area (Å²) in [4.78, 5) is 16.7. The predicted molar refractivity (Wildman–Crippen MR) is 104 cm³/mol. The molecule has 0 amide bonds. The molecule has 10 heteroatoms. The second-order valence-electron chi connectivity index (χ2n) is 6.72. The van der Waals surface area contributed by atoms with Crippen molar-refractivity contribution < 1.29 is 4.39 Å². The zero-order valence-corrected chi connectivity index (χ0v) is 15.9. The van der Waals surface area contributed by atoms with Crippen molar-refractivity contribution in [3.63, 3.8) is 0 Å². The lowest BCUT2D eigenvalue weighted by Crippen LogP contribution is -2.15. The fraction of sp³-hybridized carbons (Fsp3) is 0.211. The number of halogens is 1. The highest BCUT2D eigenvalue weighted by molar-refractivity contribution is 7.98. The molecule has 1 saturated carbocycles. The van der Waals surface area contributed by atoms with Gasteiger partial charge in [0.15, 0.2) is 16.6 Å². The normalized spacial score (nSPS) is 13.7. The van der Waals surface area contributed by atoms with E-state index < -0.39 is 0 Å². The Morgan fingerprint density at radius 1 is 1.31 bits per heavy atom. The van der Waals surface area contributed by atoms with E-state index in [1.807, 2.05) is 10.6 Å². The summed E-state index contributed by atoms with van der Waals surface area (Å²) < 4.78 is 17.5. The highest BCUT2D eigenvalue weighted by atomic mass is 32.2. The van der Waals surface area contributed by atoms with Gasteiger partial charge in [-0.1, -0.05) is 23.9 Å². The van der Waals surface area contributed by atoms with Gasteiger partial charge in [0.05, 0.1) is 11.3 Å². The molecule has 0 saturated heterocycles. The summed E-state index contributed by atoms with van der Waals surface area (Å²) >= 11 is 1.39. The zero-order valence-electron chi connectivity index (χ0n) is 15.0. The molecule has 4 aromatic rings. The maximum absolute atomic E-state index is 14.3. The van der Waals surface area contributed by atoms with Crippen LogP contribution in [0.3, 0.4) is 0 Å². The average molecular weight is 407 g/mol. The quantitative estimate of drug-likeness (QED) is 0.510. The topological polar surface area (TPSA) is 105 Å². The molecule has 0 spiro atoms. The molecule has 1 aliphatic rings. The minimum absolute atomic E-state index is 0.248. The van der Waals surface area contributed by atoms with Gasteiger partial charge in [-0.3, -0.25) is 14.5 Å². The summed E-state index contributed by atoms with van der Waals surface area (Å²) in [6.45, 7) is 0. The van der Waals surface area contributed by atoms with Gasteiger partial charge in [-0.25, -0.2) is 13.9 Å². The molecule has 1 aromatic carbocycles. The van der Waals surface area contributed by atoms with Gasteiger partial charge in [0.25, 0.3) is 5.56 Å². The van der Waals surface area contributed by atoms with Gasteiger partial charge < -0.3 is 0 Å². The molecule has 8 nitrogen and oxygen atoms in total. The molecular formula is C19H14FN7OS. The number of nitrogens with zero attached hydrogens (tertiary/aromatic N) is 6. The first-order valence-electron chi connectivity index (χ1n) is 8.98. The Kier molecular flexibility index (Phi) is 4.17. The minimum atomic E-state index is -0.338. The lowest BCUT2D eigenvalue weighted by molar-refractivity contribution is 0.622. The Labute approximate surface area is 168 Å². The Morgan fingerprint density at radius 3 is 2.90 bits per heavy atom. The number of nitriles is 1. The van der Waals surface area contributed by atoms with Crippen LogP contribution in [0.1, 0.15) is 30.1 Å². The van der Waals surface area contributed by atoms with E-state index in [0.717, 1.165) is 12.8 Å². The number of rotatable bonds is 5. The van der Waals surface area contributed by atoms with E-state index in [0.29, 0.717) is 39.2 Å². The summed E-state index contributed by atoms with van der Waals surface area (Å²) in [7, 11) is 0. The van der Waals surface area contributed by atoms with E-state index in [9.17, 15) is 9.18 Å². The minimum Gasteiger partial charge on any atom is -0.299 e. The van der Waals surface area contributed by atoms with Crippen LogP contribution in [0.15, 0.2) is 46.5 Å². The average Bonchev–Trinajstić information content (AvgIpc) is 3.33. The number of aromatic amines is 1. The second kappa shape index (κ2) is 6.86. The van der Waals surface area contributed by atoms with Crippen LogP contribution in [0.2, 0.25) is 0 Å². The molecule has 29 heavy (non-hydrogen) atoms. The number of thioether (sulfide) groups is 1. The van der Waals surface area contributed by atoms with E-state index in [4.69, 9.17) is 5.26 Å². The highest BCUT2D eigenvalue weighted by Crippen LogP contribution is 2.41. The Hall–Kier alpha value is -3.45. The molecule has 144 valence electrons. The fourth-order valence-corrected chi connectivity index (χ4v) is 4.09. The largest absolute Gasteiger partial charge is 0.299 e. The van der Waals surface area contributed by atoms with Crippen molar-refractivity contribution in [2.75, 3.05) is 0 Å². The first-order valence-corrected chi connectivity index (χ1v) is 9.97. The van der Waals surface area contributed by atoms with E-state index in [2.05, 4.69) is 20.3 Å². The maximum atomic E-state index is 14.3. The molecule has 3 heterocycles. The van der Waals surface area contributed by atoms with Gasteiger partial charge in [0.2, 0.25) is 0 Å². The summed E-state index contributed by atoms with van der Waals surface area (Å²) in [6, 6.07) is 10.2. The lowest BCUT2D eigenvalue weighted by atomic mass is 10.2. The van der Waals surface area contributed by atoms with Crippen molar-refractivity contribution >= 4 is 17.4 Å². The number of H-pyrrole nitrogens is 1. The van der Waals surface area contributed by atoms with Crippen LogP contribution in [-0.4, -0.2) is 29.4 Å². The van der Waals surface area contributed by atoms with Crippen LogP contribution in [0.5, 0.6) is 0 Å². The van der Waals surface area contributed by atoms with Crippen molar-refractivity contribution in [3.05, 3.63) is 64.0 Å². The van der Waals surface area contributed by atoms with Crippen molar-refractivity contribution in [1.29, 1.82) is 5.26 Å². The van der Waals surface area contributed by atoms with E-state index >= 15 is 0 Å². The van der Waals surface area contributed by atoms with Crippen molar-refractivity contribution in [3.8, 4) is 17.5 Å². The van der Waals surface area contributed by atoms with Crippen LogP contribution in [0.25, 0.3) is 17.0 Å².